The molecule has 1 N–H and O–H groups in total. The molecular formula is C10H14O. The second-order valence-corrected chi connectivity index (χ2v) is 3.13. The van der Waals surface area contributed by atoms with E-state index in [9.17, 15) is 5.11 Å². The van der Waals surface area contributed by atoms with Gasteiger partial charge in [-0.3, -0.25) is 0 Å². The van der Waals surface area contributed by atoms with Gasteiger partial charge in [0.15, 0.2) is 0 Å². The van der Waals surface area contributed by atoms with Crippen LogP contribution in [0.25, 0.3) is 0 Å². The Kier molecular flexibility index (Phi) is 2.18. The maximum atomic E-state index is 9.35. The highest BCUT2D eigenvalue weighted by Crippen LogP contribution is 2.24. The van der Waals surface area contributed by atoms with Crippen LogP contribution in [0.15, 0.2) is 35.6 Å². The third-order valence-corrected chi connectivity index (χ3v) is 2.07. The standard InChI is InChI=1S/C10H14O/c1-7(2)9-5-4-8(3)10(11)6-9/h4,6,9,11H,1,5H2,2-3H3/t9-/m1/s1. The molecule has 0 radical (unpaired) electrons. The van der Waals surface area contributed by atoms with Crippen LogP contribution in [0.4, 0.5) is 0 Å². The molecule has 0 fully saturated rings. The number of allylic oxidation sites excluding steroid dienone is 4. The van der Waals surface area contributed by atoms with Crippen LogP contribution >= 0.6 is 0 Å². The zero-order valence-corrected chi connectivity index (χ0v) is 7.09. The minimum absolute atomic E-state index is 0.332. The fraction of sp³-hybridized carbons (Fsp3) is 0.400. The number of rotatable bonds is 1. The minimum Gasteiger partial charge on any atom is -0.508 e. The molecule has 60 valence electrons. The van der Waals surface area contributed by atoms with Crippen molar-refractivity contribution in [3.05, 3.63) is 35.6 Å². The van der Waals surface area contributed by atoms with Crippen molar-refractivity contribution in [1.82, 2.24) is 0 Å². The zero-order valence-electron chi connectivity index (χ0n) is 7.09. The van der Waals surface area contributed by atoms with Gasteiger partial charge in [-0.2, -0.15) is 0 Å². The van der Waals surface area contributed by atoms with Crippen LogP contribution in [0.2, 0.25) is 0 Å². The summed E-state index contributed by atoms with van der Waals surface area (Å²) in [6, 6.07) is 0. The summed E-state index contributed by atoms with van der Waals surface area (Å²) in [4.78, 5) is 0. The predicted octanol–water partition coefficient (Wildman–Crippen LogP) is 2.97. The zero-order chi connectivity index (χ0) is 8.43. The van der Waals surface area contributed by atoms with Gasteiger partial charge in [-0.05, 0) is 31.9 Å². The Morgan fingerprint density at radius 2 is 2.36 bits per heavy atom. The molecule has 1 aliphatic carbocycles. The van der Waals surface area contributed by atoms with Gasteiger partial charge < -0.3 is 5.11 Å². The number of hydrogen-bond donors (Lipinski definition) is 1. The molecular weight excluding hydrogens is 136 g/mol. The first kappa shape index (κ1) is 8.12. The highest BCUT2D eigenvalue weighted by atomic mass is 16.3. The molecule has 1 atom stereocenters. The van der Waals surface area contributed by atoms with E-state index in [1.54, 1.807) is 0 Å². The normalized spacial score (nSPS) is 24.0. The van der Waals surface area contributed by atoms with Crippen LogP contribution in [-0.2, 0) is 0 Å². The van der Waals surface area contributed by atoms with Crippen LogP contribution in [0.3, 0.4) is 0 Å². The first-order valence-corrected chi connectivity index (χ1v) is 3.84. The van der Waals surface area contributed by atoms with Crippen LogP contribution in [-0.4, -0.2) is 5.11 Å². The Balaban J connectivity index is 2.77. The van der Waals surface area contributed by atoms with Crippen LogP contribution in [0, 0.1) is 5.92 Å². The van der Waals surface area contributed by atoms with Gasteiger partial charge in [-0.1, -0.05) is 18.2 Å². The van der Waals surface area contributed by atoms with Crippen LogP contribution < -0.4 is 0 Å². The third-order valence-electron chi connectivity index (χ3n) is 2.07. The maximum Gasteiger partial charge on any atom is 0.114 e. The number of aliphatic hydroxyl groups excluding tert-OH is 1. The van der Waals surface area contributed by atoms with Gasteiger partial charge in [0.05, 0.1) is 0 Å². The van der Waals surface area contributed by atoms with Gasteiger partial charge in [0.25, 0.3) is 0 Å². The molecule has 0 amide bonds. The Bertz CT molecular complexity index is 233. The summed E-state index contributed by atoms with van der Waals surface area (Å²) in [7, 11) is 0. The molecule has 1 rings (SSSR count). The van der Waals surface area contributed by atoms with Crippen LogP contribution in [0.5, 0.6) is 0 Å². The Hall–Kier alpha value is -0.980. The van der Waals surface area contributed by atoms with Crippen molar-refractivity contribution in [2.24, 2.45) is 5.92 Å². The average Bonchev–Trinajstić information content (AvgIpc) is 1.94. The van der Waals surface area contributed by atoms with E-state index in [-0.39, 0.29) is 0 Å². The van der Waals surface area contributed by atoms with E-state index in [1.165, 1.54) is 0 Å². The summed E-state index contributed by atoms with van der Waals surface area (Å²) >= 11 is 0. The lowest BCUT2D eigenvalue weighted by Crippen LogP contribution is -2.03. The first-order chi connectivity index (χ1) is 5.11. The van der Waals surface area contributed by atoms with E-state index in [0.717, 1.165) is 17.6 Å². The van der Waals surface area contributed by atoms with Gasteiger partial charge in [0.1, 0.15) is 5.76 Å². The summed E-state index contributed by atoms with van der Waals surface area (Å²) in [6.45, 7) is 7.76. The van der Waals surface area contributed by atoms with Crippen molar-refractivity contribution < 1.29 is 5.11 Å². The molecule has 0 unspecified atom stereocenters. The van der Waals surface area contributed by atoms with Crippen molar-refractivity contribution in [1.29, 1.82) is 0 Å². The molecule has 0 aromatic carbocycles. The maximum absolute atomic E-state index is 9.35. The Morgan fingerprint density at radius 3 is 2.82 bits per heavy atom. The molecule has 1 aliphatic rings. The lowest BCUT2D eigenvalue weighted by atomic mass is 9.91. The Morgan fingerprint density at radius 1 is 1.73 bits per heavy atom. The topological polar surface area (TPSA) is 20.2 Å². The van der Waals surface area contributed by atoms with Gasteiger partial charge in [0, 0.05) is 5.92 Å². The summed E-state index contributed by atoms with van der Waals surface area (Å²) in [6.07, 6.45) is 4.90. The molecule has 1 nitrogen and oxygen atoms in total. The van der Waals surface area contributed by atoms with Crippen molar-refractivity contribution in [2.75, 3.05) is 0 Å². The molecule has 0 saturated heterocycles. The molecule has 0 spiro atoms. The molecule has 0 heterocycles. The second kappa shape index (κ2) is 2.95. The predicted molar refractivity (Wildman–Crippen MR) is 47.4 cm³/mol. The molecule has 0 aromatic heterocycles. The van der Waals surface area contributed by atoms with Gasteiger partial charge >= 0.3 is 0 Å². The van der Waals surface area contributed by atoms with Crippen molar-refractivity contribution in [3.63, 3.8) is 0 Å². The fourth-order valence-electron chi connectivity index (χ4n) is 1.14. The summed E-state index contributed by atoms with van der Waals surface area (Å²) in [5, 5.41) is 9.35. The largest absolute Gasteiger partial charge is 0.508 e. The SMILES string of the molecule is C=C(C)[C@H]1C=C(O)C(C)=CC1. The molecule has 11 heavy (non-hydrogen) atoms. The van der Waals surface area contributed by atoms with Crippen molar-refractivity contribution in [2.45, 2.75) is 20.3 Å². The molecule has 0 bridgehead atoms. The number of hydrogen-bond acceptors (Lipinski definition) is 1. The quantitative estimate of drug-likeness (QED) is 0.570. The number of aliphatic hydroxyl groups is 1. The summed E-state index contributed by atoms with van der Waals surface area (Å²) in [5.74, 6) is 0.739. The lowest BCUT2D eigenvalue weighted by molar-refractivity contribution is 0.411. The molecule has 1 heteroatoms. The van der Waals surface area contributed by atoms with Gasteiger partial charge in [0.2, 0.25) is 0 Å². The smallest absolute Gasteiger partial charge is 0.114 e. The van der Waals surface area contributed by atoms with E-state index in [1.807, 2.05) is 19.9 Å². The monoisotopic (exact) mass is 150 g/mol. The third kappa shape index (κ3) is 1.73. The minimum atomic E-state index is 0.332. The lowest BCUT2D eigenvalue weighted by Gasteiger charge is -2.16. The van der Waals surface area contributed by atoms with E-state index >= 15 is 0 Å². The highest BCUT2D eigenvalue weighted by Gasteiger charge is 2.12. The fourth-order valence-corrected chi connectivity index (χ4v) is 1.14. The summed E-state index contributed by atoms with van der Waals surface area (Å²) < 4.78 is 0. The molecule has 0 aromatic rings. The van der Waals surface area contributed by atoms with Crippen LogP contribution in [0.1, 0.15) is 20.3 Å². The van der Waals surface area contributed by atoms with E-state index in [2.05, 4.69) is 12.7 Å². The molecule has 0 saturated carbocycles. The molecule has 0 aliphatic heterocycles. The second-order valence-electron chi connectivity index (χ2n) is 3.13. The summed E-state index contributed by atoms with van der Waals surface area (Å²) in [5.41, 5.74) is 2.09. The van der Waals surface area contributed by atoms with Gasteiger partial charge in [-0.15, -0.1) is 0 Å². The Labute approximate surface area is 67.7 Å². The van der Waals surface area contributed by atoms with E-state index < -0.39 is 0 Å². The van der Waals surface area contributed by atoms with Crippen molar-refractivity contribution in [3.8, 4) is 0 Å². The first-order valence-electron chi connectivity index (χ1n) is 3.84. The van der Waals surface area contributed by atoms with Crippen molar-refractivity contribution >= 4 is 0 Å². The van der Waals surface area contributed by atoms with E-state index in [4.69, 9.17) is 0 Å². The van der Waals surface area contributed by atoms with E-state index in [0.29, 0.717) is 11.7 Å². The highest BCUT2D eigenvalue weighted by molar-refractivity contribution is 5.30. The van der Waals surface area contributed by atoms with Gasteiger partial charge in [-0.25, -0.2) is 0 Å². The average molecular weight is 150 g/mol.